The normalized spacial score (nSPS) is 10.7. The van der Waals surface area contributed by atoms with Gasteiger partial charge in [0, 0.05) is 40.6 Å². The van der Waals surface area contributed by atoms with Crippen molar-refractivity contribution in [3.05, 3.63) is 322 Å². The SMILES string of the molecule is CC(C)(c1ccccc1)c1ccccc1.CC(C)/C=C/c1ccccc1.CC(C)c1c(Cl)cccc1Cl.CC(C)c1ccc(Cl)cc1.CC(C)c1ccc(Cl)cc1Cl.CC(C)c1cccc(Cl)c1.CC(C)c1ccccc1.CC(C)c1ccccc1Cl. The van der Waals surface area contributed by atoms with Gasteiger partial charge in [-0.05, 0) is 146 Å². The second-order valence-electron chi connectivity index (χ2n) is 23.6. The average molecular weight is 1300 g/mol. The zero-order chi connectivity index (χ0) is 65.1. The Balaban J connectivity index is 0.000000341. The Labute approximate surface area is 562 Å². The van der Waals surface area contributed by atoms with Gasteiger partial charge in [-0.2, -0.15) is 0 Å². The summed E-state index contributed by atoms with van der Waals surface area (Å²) in [6.45, 7) is 34.6. The summed E-state index contributed by atoms with van der Waals surface area (Å²) in [7, 11) is 0. The molecular formula is C80H95Cl7. The van der Waals surface area contributed by atoms with E-state index in [1.165, 1.54) is 38.9 Å². The Hall–Kier alpha value is -5.25. The van der Waals surface area contributed by atoms with Crippen molar-refractivity contribution in [3.63, 3.8) is 0 Å². The predicted octanol–water partition coefficient (Wildman–Crippen LogP) is 28.8. The van der Waals surface area contributed by atoms with E-state index in [1.807, 2.05) is 91.0 Å². The van der Waals surface area contributed by atoms with Crippen molar-refractivity contribution in [1.82, 2.24) is 0 Å². The molecule has 9 aromatic carbocycles. The summed E-state index contributed by atoms with van der Waals surface area (Å²) >= 11 is 41.0. The molecule has 0 aromatic heterocycles. The van der Waals surface area contributed by atoms with Crippen molar-refractivity contribution in [2.24, 2.45) is 5.92 Å². The van der Waals surface area contributed by atoms with E-state index in [1.54, 1.807) is 6.07 Å². The molecule has 0 unspecified atom stereocenters. The van der Waals surface area contributed by atoms with E-state index in [2.05, 4.69) is 256 Å². The van der Waals surface area contributed by atoms with Crippen LogP contribution in [-0.2, 0) is 5.41 Å². The molecule has 0 aliphatic rings. The van der Waals surface area contributed by atoms with Crippen LogP contribution in [0.25, 0.3) is 6.08 Å². The molecule has 0 heterocycles. The second-order valence-corrected chi connectivity index (χ2v) is 26.6. The van der Waals surface area contributed by atoms with E-state index in [0.717, 1.165) is 41.3 Å². The minimum absolute atomic E-state index is 0.0858. The summed E-state index contributed by atoms with van der Waals surface area (Å²) in [5.41, 5.74) is 11.5. The first-order chi connectivity index (χ1) is 41.1. The molecule has 0 saturated heterocycles. The molecule has 0 N–H and O–H groups in total. The van der Waals surface area contributed by atoms with Crippen LogP contribution in [0.3, 0.4) is 0 Å². The van der Waals surface area contributed by atoms with Crippen LogP contribution in [0, 0.1) is 5.92 Å². The Kier molecular flexibility index (Phi) is 38.2. The number of benzene rings is 9. The highest BCUT2D eigenvalue weighted by molar-refractivity contribution is 6.36. The smallest absolute Gasteiger partial charge is 0.0455 e. The molecule has 7 heteroatoms. The second kappa shape index (κ2) is 42.6. The van der Waals surface area contributed by atoms with E-state index in [-0.39, 0.29) is 5.41 Å². The average Bonchev–Trinajstić information content (AvgIpc) is 3.69. The van der Waals surface area contributed by atoms with Crippen LogP contribution in [0.5, 0.6) is 0 Å². The van der Waals surface area contributed by atoms with Crippen LogP contribution < -0.4 is 0 Å². The minimum atomic E-state index is 0.0858. The molecule has 0 amide bonds. The first kappa shape index (κ1) is 77.8. The lowest BCUT2D eigenvalue weighted by molar-refractivity contribution is 0.641. The lowest BCUT2D eigenvalue weighted by Gasteiger charge is -2.25. The third-order valence-electron chi connectivity index (χ3n) is 13.7. The Bertz CT molecular complexity index is 3190. The van der Waals surface area contributed by atoms with Gasteiger partial charge in [-0.1, -0.05) is 380 Å². The highest BCUT2D eigenvalue weighted by atomic mass is 35.5. The van der Waals surface area contributed by atoms with E-state index >= 15 is 0 Å². The molecular weight excluding hydrogens is 1210 g/mol. The molecule has 0 nitrogen and oxygen atoms in total. The summed E-state index contributed by atoms with van der Waals surface area (Å²) in [6.07, 6.45) is 4.36. The lowest BCUT2D eigenvalue weighted by Crippen LogP contribution is -2.18. The maximum Gasteiger partial charge on any atom is 0.0455 e. The van der Waals surface area contributed by atoms with Crippen LogP contribution in [0.4, 0.5) is 0 Å². The summed E-state index contributed by atoms with van der Waals surface area (Å²) in [5, 5.41) is 5.47. The maximum absolute atomic E-state index is 5.94. The van der Waals surface area contributed by atoms with Crippen molar-refractivity contribution in [2.75, 3.05) is 0 Å². The molecule has 464 valence electrons. The monoisotopic (exact) mass is 1300 g/mol. The molecule has 0 aliphatic carbocycles. The van der Waals surface area contributed by atoms with E-state index in [4.69, 9.17) is 81.2 Å². The molecule has 0 saturated carbocycles. The van der Waals surface area contributed by atoms with Crippen molar-refractivity contribution in [1.29, 1.82) is 0 Å². The fraction of sp³-hybridized carbons (Fsp3) is 0.300. The number of halogens is 7. The summed E-state index contributed by atoms with van der Waals surface area (Å²) in [6, 6.07) is 77.3. The molecule has 0 fully saturated rings. The van der Waals surface area contributed by atoms with E-state index in [0.29, 0.717) is 46.4 Å². The third-order valence-corrected chi connectivity index (χ3v) is 15.7. The van der Waals surface area contributed by atoms with Gasteiger partial charge in [-0.25, -0.2) is 0 Å². The standard InChI is InChI=1S/C15H16.C11H14.2C9H10Cl2.3C9H11Cl.C9H12/c1-15(2,13-9-5-3-6-10-13)14-11-7-4-8-12-14;1-10(2)8-9-11-6-4-3-5-7-11;1-6(2)8-4-3-7(10)5-9(8)11;1-6(2)9-7(10)4-3-5-8(9)11;1-7(2)8-3-5-9(10)6-4-8;1-7(2)8-4-3-5-9(10)6-8;1-7(2)8-5-3-4-6-9(8)10;1-8(2)9-6-4-3-5-7-9/h3-12H,1-2H3;3-10H,1-2H3;2*3-6H,1-2H3;3*3-7H,1-2H3;3-8H,1-2H3/b;9-8+;;;;;;. The first-order valence-electron chi connectivity index (χ1n) is 30.2. The largest absolute Gasteiger partial charge is 0.0843 e. The fourth-order valence-corrected chi connectivity index (χ4v) is 10.4. The highest BCUT2D eigenvalue weighted by Crippen LogP contribution is 2.32. The van der Waals surface area contributed by atoms with Gasteiger partial charge in [0.25, 0.3) is 0 Å². The summed E-state index contributed by atoms with van der Waals surface area (Å²) in [5.74, 6) is 3.82. The van der Waals surface area contributed by atoms with Gasteiger partial charge >= 0.3 is 0 Å². The number of hydrogen-bond donors (Lipinski definition) is 0. The topological polar surface area (TPSA) is 0 Å². The molecule has 0 bridgehead atoms. The van der Waals surface area contributed by atoms with E-state index < -0.39 is 0 Å². The van der Waals surface area contributed by atoms with Gasteiger partial charge in [0.05, 0.1) is 0 Å². The predicted molar refractivity (Wildman–Crippen MR) is 394 cm³/mol. The van der Waals surface area contributed by atoms with Crippen molar-refractivity contribution < 1.29 is 0 Å². The minimum Gasteiger partial charge on any atom is -0.0843 e. The summed E-state index contributed by atoms with van der Waals surface area (Å²) in [4.78, 5) is 0. The zero-order valence-corrected chi connectivity index (χ0v) is 59.6. The van der Waals surface area contributed by atoms with Gasteiger partial charge in [0.1, 0.15) is 0 Å². The number of hydrogen-bond acceptors (Lipinski definition) is 0. The molecule has 0 aliphatic heterocycles. The maximum atomic E-state index is 5.94. The van der Waals surface area contributed by atoms with Crippen LogP contribution in [0.2, 0.25) is 35.2 Å². The van der Waals surface area contributed by atoms with Crippen LogP contribution in [0.15, 0.2) is 237 Å². The lowest BCUT2D eigenvalue weighted by atomic mass is 9.78. The molecule has 0 atom stereocenters. The quantitative estimate of drug-likeness (QED) is 0.128. The number of allylic oxidation sites excluding steroid dienone is 1. The molecule has 0 radical (unpaired) electrons. The first-order valence-corrected chi connectivity index (χ1v) is 32.8. The van der Waals surface area contributed by atoms with Gasteiger partial charge in [-0.3, -0.25) is 0 Å². The van der Waals surface area contributed by atoms with Gasteiger partial charge in [-0.15, -0.1) is 0 Å². The van der Waals surface area contributed by atoms with Gasteiger partial charge in [0.15, 0.2) is 0 Å². The third kappa shape index (κ3) is 31.7. The van der Waals surface area contributed by atoms with Crippen LogP contribution >= 0.6 is 81.2 Å². The fourth-order valence-electron chi connectivity index (χ4n) is 8.27. The molecule has 9 rings (SSSR count). The summed E-state index contributed by atoms with van der Waals surface area (Å²) < 4.78 is 0. The Morgan fingerprint density at radius 1 is 0.287 bits per heavy atom. The Morgan fingerprint density at radius 3 is 1.02 bits per heavy atom. The van der Waals surface area contributed by atoms with Crippen molar-refractivity contribution in [3.8, 4) is 0 Å². The zero-order valence-electron chi connectivity index (χ0n) is 54.3. The molecule has 9 aromatic rings. The molecule has 87 heavy (non-hydrogen) atoms. The van der Waals surface area contributed by atoms with E-state index in [9.17, 15) is 0 Å². The molecule has 0 spiro atoms. The van der Waals surface area contributed by atoms with Crippen molar-refractivity contribution in [2.45, 2.75) is 152 Å². The van der Waals surface area contributed by atoms with Crippen LogP contribution in [0.1, 0.15) is 196 Å². The highest BCUT2D eigenvalue weighted by Gasteiger charge is 2.22. The van der Waals surface area contributed by atoms with Gasteiger partial charge < -0.3 is 0 Å². The van der Waals surface area contributed by atoms with Crippen molar-refractivity contribution >= 4 is 87.3 Å². The number of rotatable bonds is 10. The Morgan fingerprint density at radius 2 is 0.655 bits per heavy atom. The van der Waals surface area contributed by atoms with Crippen LogP contribution in [-0.4, -0.2) is 0 Å². The van der Waals surface area contributed by atoms with Gasteiger partial charge in [0.2, 0.25) is 0 Å².